The van der Waals surface area contributed by atoms with Crippen LogP contribution in [0.4, 0.5) is 19.0 Å². The molecule has 30 heavy (non-hydrogen) atoms. The highest BCUT2D eigenvalue weighted by molar-refractivity contribution is 6.33. The summed E-state index contributed by atoms with van der Waals surface area (Å²) >= 11 is 6.04. The van der Waals surface area contributed by atoms with Crippen molar-refractivity contribution in [2.24, 2.45) is 11.8 Å². The Morgan fingerprint density at radius 1 is 1.27 bits per heavy atom. The molecule has 0 aromatic carbocycles. The Labute approximate surface area is 181 Å². The smallest absolute Gasteiger partial charge is 0.356 e. The molecule has 3 heterocycles. The number of carbonyl (C=O) groups is 1. The molecule has 168 valence electrons. The number of aromatic nitrogens is 1. The van der Waals surface area contributed by atoms with E-state index < -0.39 is 11.7 Å². The lowest BCUT2D eigenvalue weighted by atomic mass is 9.96. The number of amides is 1. The van der Waals surface area contributed by atoms with Gasteiger partial charge < -0.3 is 15.1 Å². The predicted molar refractivity (Wildman–Crippen MR) is 112 cm³/mol. The highest BCUT2D eigenvalue weighted by atomic mass is 35.5. The molecule has 2 aliphatic rings. The molecule has 0 spiro atoms. The maximum atomic E-state index is 12.8. The molecular formula is C21H30ClF3N4O. The number of piperidine rings is 2. The van der Waals surface area contributed by atoms with Gasteiger partial charge in [0, 0.05) is 38.3 Å². The quantitative estimate of drug-likeness (QED) is 0.665. The maximum absolute atomic E-state index is 12.8. The van der Waals surface area contributed by atoms with Crippen LogP contribution in [0.3, 0.4) is 0 Å². The molecule has 0 aliphatic carbocycles. The van der Waals surface area contributed by atoms with Crippen LogP contribution in [-0.2, 0) is 11.0 Å². The van der Waals surface area contributed by atoms with Gasteiger partial charge in [0.15, 0.2) is 0 Å². The molecule has 0 radical (unpaired) electrons. The van der Waals surface area contributed by atoms with Gasteiger partial charge in [-0.15, -0.1) is 0 Å². The first-order chi connectivity index (χ1) is 14.2. The second-order valence-corrected chi connectivity index (χ2v) is 8.89. The molecule has 2 fully saturated rings. The van der Waals surface area contributed by atoms with Gasteiger partial charge in [-0.1, -0.05) is 18.5 Å². The van der Waals surface area contributed by atoms with E-state index in [0.29, 0.717) is 38.3 Å². The molecule has 0 bridgehead atoms. The molecule has 1 unspecified atom stereocenters. The lowest BCUT2D eigenvalue weighted by Gasteiger charge is -2.33. The zero-order valence-electron chi connectivity index (χ0n) is 17.3. The van der Waals surface area contributed by atoms with Crippen molar-refractivity contribution in [3.05, 3.63) is 22.8 Å². The summed E-state index contributed by atoms with van der Waals surface area (Å²) in [7, 11) is 0. The van der Waals surface area contributed by atoms with Crippen LogP contribution >= 0.6 is 11.6 Å². The molecule has 1 atom stereocenters. The fourth-order valence-corrected chi connectivity index (χ4v) is 4.61. The van der Waals surface area contributed by atoms with Gasteiger partial charge in [0.2, 0.25) is 5.91 Å². The highest BCUT2D eigenvalue weighted by Crippen LogP contribution is 2.34. The summed E-state index contributed by atoms with van der Waals surface area (Å²) in [6, 6.07) is 0.909. The molecule has 1 N–H and O–H groups in total. The van der Waals surface area contributed by atoms with Crippen LogP contribution in [0.1, 0.15) is 44.6 Å². The van der Waals surface area contributed by atoms with Crippen molar-refractivity contribution in [2.75, 3.05) is 44.2 Å². The lowest BCUT2D eigenvalue weighted by Crippen LogP contribution is -2.42. The van der Waals surface area contributed by atoms with Crippen LogP contribution in [0.25, 0.3) is 0 Å². The number of alkyl halides is 3. The number of likely N-dealkylation sites (tertiary alicyclic amines) is 1. The summed E-state index contributed by atoms with van der Waals surface area (Å²) in [6.45, 7) is 7.36. The molecule has 2 aliphatic heterocycles. The Morgan fingerprint density at radius 3 is 2.63 bits per heavy atom. The first-order valence-electron chi connectivity index (χ1n) is 10.7. The second kappa shape index (κ2) is 10.2. The summed E-state index contributed by atoms with van der Waals surface area (Å²) in [5.74, 6) is 1.09. The molecule has 1 aromatic heterocycles. The van der Waals surface area contributed by atoms with Crippen LogP contribution in [0, 0.1) is 11.8 Å². The van der Waals surface area contributed by atoms with Gasteiger partial charge in [0.05, 0.1) is 10.6 Å². The van der Waals surface area contributed by atoms with E-state index >= 15 is 0 Å². The topological polar surface area (TPSA) is 48.5 Å². The van der Waals surface area contributed by atoms with Crippen molar-refractivity contribution in [2.45, 2.75) is 45.2 Å². The van der Waals surface area contributed by atoms with Crippen molar-refractivity contribution in [3.63, 3.8) is 0 Å². The van der Waals surface area contributed by atoms with E-state index in [1.54, 1.807) is 0 Å². The number of halogens is 4. The Balaban J connectivity index is 1.40. The lowest BCUT2D eigenvalue weighted by molar-refractivity contribution is -0.137. The molecule has 3 rings (SSSR count). The van der Waals surface area contributed by atoms with Crippen molar-refractivity contribution >= 4 is 23.3 Å². The van der Waals surface area contributed by atoms with Gasteiger partial charge in [-0.05, 0) is 57.2 Å². The fraction of sp³-hybridized carbons (Fsp3) is 0.714. The largest absolute Gasteiger partial charge is 0.417 e. The number of rotatable bonds is 6. The average molecular weight is 447 g/mol. The zero-order chi connectivity index (χ0) is 21.7. The fourth-order valence-electron chi connectivity index (χ4n) is 4.32. The van der Waals surface area contributed by atoms with Gasteiger partial charge in [-0.2, -0.15) is 13.2 Å². The Morgan fingerprint density at radius 2 is 2.00 bits per heavy atom. The third kappa shape index (κ3) is 6.23. The summed E-state index contributed by atoms with van der Waals surface area (Å²) in [5, 5.41) is 3.03. The molecule has 2 saturated heterocycles. The van der Waals surface area contributed by atoms with Gasteiger partial charge in [-0.25, -0.2) is 4.98 Å². The van der Waals surface area contributed by atoms with E-state index in [1.807, 2.05) is 4.90 Å². The van der Waals surface area contributed by atoms with Crippen LogP contribution in [-0.4, -0.2) is 55.1 Å². The number of hydrogen-bond donors (Lipinski definition) is 1. The normalized spacial score (nSPS) is 21.6. The van der Waals surface area contributed by atoms with Crippen LogP contribution in [0.15, 0.2) is 12.3 Å². The number of pyridine rings is 1. The molecule has 1 aromatic rings. The number of carbonyl (C=O) groups excluding carboxylic acids is 1. The minimum atomic E-state index is -4.47. The van der Waals surface area contributed by atoms with Gasteiger partial charge in [0.25, 0.3) is 0 Å². The van der Waals surface area contributed by atoms with Crippen molar-refractivity contribution in [1.29, 1.82) is 0 Å². The van der Waals surface area contributed by atoms with E-state index in [4.69, 9.17) is 11.6 Å². The molecular weight excluding hydrogens is 417 g/mol. The average Bonchev–Trinajstić information content (AvgIpc) is 2.70. The maximum Gasteiger partial charge on any atom is 0.417 e. The molecule has 9 heteroatoms. The first kappa shape index (κ1) is 23.1. The first-order valence-corrected chi connectivity index (χ1v) is 11.1. The third-order valence-electron chi connectivity index (χ3n) is 6.01. The van der Waals surface area contributed by atoms with E-state index in [1.165, 1.54) is 12.8 Å². The Hall–Kier alpha value is -1.54. The van der Waals surface area contributed by atoms with E-state index in [9.17, 15) is 18.0 Å². The molecule has 0 saturated carbocycles. The van der Waals surface area contributed by atoms with Crippen molar-refractivity contribution in [3.8, 4) is 0 Å². The number of nitrogens with zero attached hydrogens (tertiary/aromatic N) is 3. The van der Waals surface area contributed by atoms with Crippen LogP contribution in [0.5, 0.6) is 0 Å². The van der Waals surface area contributed by atoms with Gasteiger partial charge in [0.1, 0.15) is 5.82 Å². The summed E-state index contributed by atoms with van der Waals surface area (Å²) in [6.07, 6.45) is 1.12. The zero-order valence-corrected chi connectivity index (χ0v) is 18.1. The minimum absolute atomic E-state index is 0.0141. The monoisotopic (exact) mass is 446 g/mol. The standard InChI is InChI=1S/C21H30ClF3N4O/c1-15-4-2-8-28(14-15)9-3-7-26-20(30)16-5-10-29(11-6-16)19-18(22)12-17(13-27-19)21(23,24)25/h12-13,15-16H,2-11,14H2,1H3,(H,26,30). The summed E-state index contributed by atoms with van der Waals surface area (Å²) in [5.41, 5.74) is -0.857. The highest BCUT2D eigenvalue weighted by Gasteiger charge is 2.33. The van der Waals surface area contributed by atoms with Gasteiger partial charge >= 0.3 is 6.18 Å². The van der Waals surface area contributed by atoms with Crippen molar-refractivity contribution in [1.82, 2.24) is 15.2 Å². The van der Waals surface area contributed by atoms with E-state index in [0.717, 1.165) is 44.2 Å². The Bertz CT molecular complexity index is 723. The molecule has 1 amide bonds. The van der Waals surface area contributed by atoms with Crippen molar-refractivity contribution < 1.29 is 18.0 Å². The van der Waals surface area contributed by atoms with E-state index in [2.05, 4.69) is 22.1 Å². The summed E-state index contributed by atoms with van der Waals surface area (Å²) < 4.78 is 38.3. The Kier molecular flexibility index (Phi) is 7.85. The predicted octanol–water partition coefficient (Wildman–Crippen LogP) is 4.21. The SMILES string of the molecule is CC1CCCN(CCCNC(=O)C2CCN(c3ncc(C(F)(F)F)cc3Cl)CC2)C1. The van der Waals surface area contributed by atoms with E-state index in [-0.39, 0.29) is 16.8 Å². The third-order valence-corrected chi connectivity index (χ3v) is 6.28. The summed E-state index contributed by atoms with van der Waals surface area (Å²) in [4.78, 5) is 20.7. The van der Waals surface area contributed by atoms with Crippen LogP contribution < -0.4 is 10.2 Å². The number of hydrogen-bond acceptors (Lipinski definition) is 4. The van der Waals surface area contributed by atoms with Gasteiger partial charge in [-0.3, -0.25) is 4.79 Å². The second-order valence-electron chi connectivity index (χ2n) is 8.48. The molecule has 5 nitrogen and oxygen atoms in total. The number of anilines is 1. The number of nitrogens with one attached hydrogen (secondary N) is 1. The minimum Gasteiger partial charge on any atom is -0.356 e. The van der Waals surface area contributed by atoms with Crippen LogP contribution in [0.2, 0.25) is 5.02 Å².